The van der Waals surface area contributed by atoms with E-state index in [-0.39, 0.29) is 6.03 Å². The van der Waals surface area contributed by atoms with Gasteiger partial charge in [0.25, 0.3) is 0 Å². The van der Waals surface area contributed by atoms with Crippen LogP contribution in [-0.2, 0) is 6.54 Å². The van der Waals surface area contributed by atoms with Crippen LogP contribution in [0.1, 0.15) is 17.1 Å². The van der Waals surface area contributed by atoms with Gasteiger partial charge in [-0.25, -0.2) is 19.7 Å². The molecule has 3 aromatic rings. The number of urea groups is 1. The number of carbonyl (C=O) groups excluding carboxylic acids is 1. The summed E-state index contributed by atoms with van der Waals surface area (Å²) < 4.78 is 0. The summed E-state index contributed by atoms with van der Waals surface area (Å²) in [7, 11) is 0. The van der Waals surface area contributed by atoms with E-state index in [2.05, 4.69) is 30.5 Å². The van der Waals surface area contributed by atoms with E-state index >= 15 is 0 Å². The van der Waals surface area contributed by atoms with Crippen LogP contribution in [0, 0.1) is 6.92 Å². The Balaban J connectivity index is 1.35. The molecule has 0 atom stereocenters. The van der Waals surface area contributed by atoms with E-state index in [9.17, 15) is 4.79 Å². The zero-order chi connectivity index (χ0) is 17.9. The van der Waals surface area contributed by atoms with E-state index in [1.54, 1.807) is 17.5 Å². The highest BCUT2D eigenvalue weighted by Crippen LogP contribution is 2.23. The molecule has 0 spiro atoms. The number of hydrogen-bond donors (Lipinski definition) is 1. The minimum atomic E-state index is -0.0876. The van der Waals surface area contributed by atoms with E-state index in [1.165, 1.54) is 11.3 Å². The number of amides is 2. The van der Waals surface area contributed by atoms with Gasteiger partial charge in [-0.3, -0.25) is 10.2 Å². The van der Waals surface area contributed by atoms with Crippen molar-refractivity contribution in [2.24, 2.45) is 0 Å². The zero-order valence-corrected chi connectivity index (χ0v) is 16.1. The molecule has 9 heteroatoms. The van der Waals surface area contributed by atoms with Gasteiger partial charge in [0.15, 0.2) is 5.13 Å². The van der Waals surface area contributed by atoms with E-state index in [0.717, 1.165) is 53.6 Å². The highest BCUT2D eigenvalue weighted by atomic mass is 32.1. The number of thiazole rings is 2. The lowest BCUT2D eigenvalue weighted by molar-refractivity contribution is 0.211. The lowest BCUT2D eigenvalue weighted by atomic mass is 10.3. The van der Waals surface area contributed by atoms with Crippen LogP contribution < -0.4 is 5.32 Å². The first-order valence-electron chi connectivity index (χ1n) is 8.58. The van der Waals surface area contributed by atoms with Crippen molar-refractivity contribution in [3.05, 3.63) is 34.4 Å². The molecule has 4 heterocycles. The predicted octanol–water partition coefficient (Wildman–Crippen LogP) is 3.20. The van der Waals surface area contributed by atoms with E-state index < -0.39 is 0 Å². The number of aryl methyl sites for hydroxylation is 1. The molecule has 136 valence electrons. The fraction of sp³-hybridized carbons (Fsp3) is 0.412. The Morgan fingerprint density at radius 3 is 3.00 bits per heavy atom. The highest BCUT2D eigenvalue weighted by molar-refractivity contribution is 7.21. The lowest BCUT2D eigenvalue weighted by Crippen LogP contribution is -2.38. The summed E-state index contributed by atoms with van der Waals surface area (Å²) in [6, 6.07) is 3.66. The maximum Gasteiger partial charge on any atom is 0.323 e. The summed E-state index contributed by atoms with van der Waals surface area (Å²) in [6.07, 6.45) is 2.69. The Bertz CT molecular complexity index is 874. The third kappa shape index (κ3) is 4.00. The third-order valence-electron chi connectivity index (χ3n) is 4.31. The number of carbonyl (C=O) groups is 1. The number of aromatic nitrogens is 3. The second-order valence-corrected chi connectivity index (χ2v) is 8.29. The Hall–Kier alpha value is -2.10. The summed E-state index contributed by atoms with van der Waals surface area (Å²) in [4.78, 5) is 30.9. The standard InChI is InChI=1S/C17H20N6OS2/c1-12-19-13(11-25-12)10-22-6-3-7-23(9-8-22)17(24)21-16-20-14-4-2-5-18-15(14)26-16/h2,4-5,11H,3,6-10H2,1H3,(H,20,21,24). The molecular weight excluding hydrogens is 368 g/mol. The van der Waals surface area contributed by atoms with Crippen molar-refractivity contribution >= 4 is 44.2 Å². The Labute approximate surface area is 159 Å². The van der Waals surface area contributed by atoms with Gasteiger partial charge in [0.05, 0.1) is 10.7 Å². The van der Waals surface area contributed by atoms with Crippen LogP contribution in [0.4, 0.5) is 9.93 Å². The van der Waals surface area contributed by atoms with Crippen molar-refractivity contribution in [3.8, 4) is 0 Å². The molecule has 2 amide bonds. The Morgan fingerprint density at radius 2 is 2.19 bits per heavy atom. The maximum atomic E-state index is 12.6. The number of anilines is 1. The third-order valence-corrected chi connectivity index (χ3v) is 6.03. The zero-order valence-electron chi connectivity index (χ0n) is 14.5. The van der Waals surface area contributed by atoms with E-state index in [0.29, 0.717) is 11.7 Å². The molecule has 0 radical (unpaired) electrons. The summed E-state index contributed by atoms with van der Waals surface area (Å²) in [5.74, 6) is 0. The molecule has 0 aliphatic carbocycles. The van der Waals surface area contributed by atoms with Crippen LogP contribution in [-0.4, -0.2) is 57.0 Å². The smallest absolute Gasteiger partial charge is 0.323 e. The van der Waals surface area contributed by atoms with Crippen LogP contribution in [0.2, 0.25) is 0 Å². The van der Waals surface area contributed by atoms with Crippen molar-refractivity contribution < 1.29 is 4.79 Å². The lowest BCUT2D eigenvalue weighted by Gasteiger charge is -2.21. The fourth-order valence-electron chi connectivity index (χ4n) is 3.04. The van der Waals surface area contributed by atoms with Gasteiger partial charge in [0, 0.05) is 44.3 Å². The molecule has 7 nitrogen and oxygen atoms in total. The second-order valence-electron chi connectivity index (χ2n) is 6.25. The molecule has 1 aliphatic heterocycles. The minimum absolute atomic E-state index is 0.0876. The average molecular weight is 389 g/mol. The van der Waals surface area contributed by atoms with Crippen molar-refractivity contribution in [2.75, 3.05) is 31.5 Å². The molecule has 0 saturated carbocycles. The molecule has 3 aromatic heterocycles. The Morgan fingerprint density at radius 1 is 1.27 bits per heavy atom. The fourth-order valence-corrected chi connectivity index (χ4v) is 4.44. The number of nitrogens with zero attached hydrogens (tertiary/aromatic N) is 5. The van der Waals surface area contributed by atoms with Crippen molar-refractivity contribution in [3.63, 3.8) is 0 Å². The summed E-state index contributed by atoms with van der Waals surface area (Å²) in [5.41, 5.74) is 1.93. The molecule has 1 fully saturated rings. The largest absolute Gasteiger partial charge is 0.323 e. The maximum absolute atomic E-state index is 12.6. The quantitative estimate of drug-likeness (QED) is 0.746. The highest BCUT2D eigenvalue weighted by Gasteiger charge is 2.20. The molecule has 0 aromatic carbocycles. The van der Waals surface area contributed by atoms with Gasteiger partial charge in [0.2, 0.25) is 0 Å². The number of rotatable bonds is 3. The second kappa shape index (κ2) is 7.65. The molecular formula is C17H20N6OS2. The van der Waals surface area contributed by atoms with E-state index in [4.69, 9.17) is 0 Å². The van der Waals surface area contributed by atoms with E-state index in [1.807, 2.05) is 24.0 Å². The number of hydrogen-bond acceptors (Lipinski definition) is 7. The molecule has 0 bridgehead atoms. The van der Waals surface area contributed by atoms with Crippen LogP contribution in [0.15, 0.2) is 23.7 Å². The average Bonchev–Trinajstić information content (AvgIpc) is 3.14. The van der Waals surface area contributed by atoms with Gasteiger partial charge >= 0.3 is 6.03 Å². The van der Waals surface area contributed by atoms with Crippen molar-refractivity contribution in [1.29, 1.82) is 0 Å². The van der Waals surface area contributed by atoms with Crippen molar-refractivity contribution in [1.82, 2.24) is 24.8 Å². The molecule has 1 N–H and O–H groups in total. The van der Waals surface area contributed by atoms with Crippen LogP contribution >= 0.6 is 22.7 Å². The summed E-state index contributed by atoms with van der Waals surface area (Å²) in [6.45, 7) is 6.17. The molecule has 4 rings (SSSR count). The topological polar surface area (TPSA) is 74.2 Å². The van der Waals surface area contributed by atoms with Gasteiger partial charge in [-0.1, -0.05) is 11.3 Å². The van der Waals surface area contributed by atoms with Gasteiger partial charge in [0.1, 0.15) is 10.3 Å². The molecule has 0 unspecified atom stereocenters. The predicted molar refractivity (Wildman–Crippen MR) is 105 cm³/mol. The first-order valence-corrected chi connectivity index (χ1v) is 10.3. The minimum Gasteiger partial charge on any atom is -0.323 e. The first kappa shape index (κ1) is 17.3. The summed E-state index contributed by atoms with van der Waals surface area (Å²) >= 11 is 3.08. The van der Waals surface area contributed by atoms with Crippen LogP contribution in [0.25, 0.3) is 10.3 Å². The molecule has 26 heavy (non-hydrogen) atoms. The number of pyridine rings is 1. The van der Waals surface area contributed by atoms with Gasteiger partial charge in [-0.05, 0) is 25.5 Å². The SMILES string of the molecule is Cc1nc(CN2CCCN(C(=O)Nc3nc4cccnc4s3)CC2)cs1. The van der Waals surface area contributed by atoms with Gasteiger partial charge < -0.3 is 4.90 Å². The Kier molecular flexibility index (Phi) is 5.09. The van der Waals surface area contributed by atoms with Gasteiger partial charge in [-0.15, -0.1) is 11.3 Å². The first-order chi connectivity index (χ1) is 12.7. The summed E-state index contributed by atoms with van der Waals surface area (Å²) in [5, 5.41) is 6.74. The molecule has 1 saturated heterocycles. The normalized spacial score (nSPS) is 16.0. The van der Waals surface area contributed by atoms with Gasteiger partial charge in [-0.2, -0.15) is 0 Å². The molecule has 1 aliphatic rings. The van der Waals surface area contributed by atoms with Crippen LogP contribution in [0.5, 0.6) is 0 Å². The number of nitrogens with one attached hydrogen (secondary N) is 1. The monoisotopic (exact) mass is 388 g/mol. The number of fused-ring (bicyclic) bond motifs is 1. The van der Waals surface area contributed by atoms with Crippen LogP contribution in [0.3, 0.4) is 0 Å². The van der Waals surface area contributed by atoms with Crippen molar-refractivity contribution in [2.45, 2.75) is 19.9 Å².